The van der Waals surface area contributed by atoms with Gasteiger partial charge in [-0.3, -0.25) is 0 Å². The number of aryl methyl sites for hydroxylation is 1. The van der Waals surface area contributed by atoms with Crippen molar-refractivity contribution in [3.63, 3.8) is 0 Å². The summed E-state index contributed by atoms with van der Waals surface area (Å²) in [6.07, 6.45) is 1.74. The van der Waals surface area contributed by atoms with E-state index in [2.05, 4.69) is 10.3 Å². The normalized spacial score (nSPS) is 10.1. The number of esters is 1. The monoisotopic (exact) mass is 244 g/mol. The van der Waals surface area contributed by atoms with E-state index in [1.807, 2.05) is 31.2 Å². The molecule has 1 heterocycles. The lowest BCUT2D eigenvalue weighted by atomic mass is 10.2. The van der Waals surface area contributed by atoms with Crippen molar-refractivity contribution >= 4 is 11.7 Å². The van der Waals surface area contributed by atoms with Crippen LogP contribution >= 0.6 is 0 Å². The second-order valence-electron chi connectivity index (χ2n) is 4.03. The van der Waals surface area contributed by atoms with Crippen molar-refractivity contribution in [1.29, 1.82) is 0 Å². The first kappa shape index (κ1) is 12.2. The molecule has 0 amide bonds. The first-order chi connectivity index (χ1) is 8.72. The summed E-state index contributed by atoms with van der Waals surface area (Å²) in [5, 5.41) is 3.30. The Kier molecular flexibility index (Phi) is 3.67. The van der Waals surface area contributed by atoms with Gasteiger partial charge in [0.1, 0.15) is 0 Å². The summed E-state index contributed by atoms with van der Waals surface area (Å²) in [5.74, 6) is -0.321. The number of para-hydroxylation sites is 1. The Morgan fingerprint density at radius 3 is 2.83 bits per heavy atom. The number of hydrogen-bond donors (Lipinski definition) is 2. The Hall–Kier alpha value is -2.23. The van der Waals surface area contributed by atoms with E-state index in [0.717, 1.165) is 11.4 Å². The lowest BCUT2D eigenvalue weighted by Crippen LogP contribution is -2.08. The lowest BCUT2D eigenvalue weighted by molar-refractivity contribution is 0.0600. The van der Waals surface area contributed by atoms with E-state index in [0.29, 0.717) is 12.1 Å². The summed E-state index contributed by atoms with van der Waals surface area (Å²) in [6, 6.07) is 9.75. The molecule has 94 valence electrons. The number of anilines is 1. The van der Waals surface area contributed by atoms with Gasteiger partial charge in [0.15, 0.2) is 0 Å². The molecule has 0 saturated heterocycles. The number of aromatic amines is 1. The second-order valence-corrected chi connectivity index (χ2v) is 4.03. The summed E-state index contributed by atoms with van der Waals surface area (Å²) >= 11 is 0. The number of rotatable bonds is 4. The van der Waals surface area contributed by atoms with Gasteiger partial charge in [-0.05, 0) is 24.6 Å². The van der Waals surface area contributed by atoms with E-state index >= 15 is 0 Å². The van der Waals surface area contributed by atoms with E-state index in [1.165, 1.54) is 12.7 Å². The van der Waals surface area contributed by atoms with E-state index < -0.39 is 0 Å². The van der Waals surface area contributed by atoms with Crippen LogP contribution in [0, 0.1) is 6.92 Å². The molecule has 0 aliphatic rings. The molecule has 0 aliphatic heterocycles. The summed E-state index contributed by atoms with van der Waals surface area (Å²) < 4.78 is 4.72. The maximum atomic E-state index is 11.5. The van der Waals surface area contributed by atoms with Crippen LogP contribution in [0.1, 0.15) is 21.6 Å². The van der Waals surface area contributed by atoms with E-state index in [4.69, 9.17) is 4.74 Å². The van der Waals surface area contributed by atoms with E-state index in [1.54, 1.807) is 12.3 Å². The smallest absolute Gasteiger partial charge is 0.339 e. The molecule has 2 rings (SSSR count). The maximum absolute atomic E-state index is 11.5. The quantitative estimate of drug-likeness (QED) is 0.813. The highest BCUT2D eigenvalue weighted by molar-refractivity contribution is 5.90. The van der Waals surface area contributed by atoms with Gasteiger partial charge in [0, 0.05) is 17.6 Å². The third-order valence-corrected chi connectivity index (χ3v) is 2.84. The van der Waals surface area contributed by atoms with Gasteiger partial charge in [-0.25, -0.2) is 4.79 Å². The number of hydrogen-bond acceptors (Lipinski definition) is 3. The highest BCUT2D eigenvalue weighted by Crippen LogP contribution is 2.16. The zero-order chi connectivity index (χ0) is 13.0. The molecule has 1 aromatic carbocycles. The third-order valence-electron chi connectivity index (χ3n) is 2.84. The van der Waals surface area contributed by atoms with Gasteiger partial charge in [0.05, 0.1) is 19.2 Å². The van der Waals surface area contributed by atoms with Crippen molar-refractivity contribution in [3.8, 4) is 0 Å². The molecule has 18 heavy (non-hydrogen) atoms. The Morgan fingerprint density at radius 2 is 2.11 bits per heavy atom. The molecule has 0 saturated carbocycles. The Morgan fingerprint density at radius 1 is 1.33 bits per heavy atom. The molecule has 4 nitrogen and oxygen atoms in total. The van der Waals surface area contributed by atoms with Crippen molar-refractivity contribution in [3.05, 3.63) is 53.3 Å². The standard InChI is InChI=1S/C14H16N2O2/c1-10-5-3-4-6-12(10)16-9-13-11(7-8-15-13)14(17)18-2/h3-8,15-16H,9H2,1-2H3. The molecule has 0 bridgehead atoms. The maximum Gasteiger partial charge on any atom is 0.339 e. The van der Waals surface area contributed by atoms with Crippen molar-refractivity contribution in [1.82, 2.24) is 4.98 Å². The van der Waals surface area contributed by atoms with Crippen LogP contribution in [0.15, 0.2) is 36.5 Å². The lowest BCUT2D eigenvalue weighted by Gasteiger charge is -2.09. The second kappa shape index (κ2) is 5.40. The van der Waals surface area contributed by atoms with Crippen LogP contribution in [0.5, 0.6) is 0 Å². The number of H-pyrrole nitrogens is 1. The van der Waals surface area contributed by atoms with Gasteiger partial charge >= 0.3 is 5.97 Å². The SMILES string of the molecule is COC(=O)c1cc[nH]c1CNc1ccccc1C. The largest absolute Gasteiger partial charge is 0.465 e. The van der Waals surface area contributed by atoms with Gasteiger partial charge < -0.3 is 15.0 Å². The molecule has 0 aliphatic carbocycles. The van der Waals surface area contributed by atoms with Crippen molar-refractivity contribution < 1.29 is 9.53 Å². The van der Waals surface area contributed by atoms with Gasteiger partial charge in [-0.2, -0.15) is 0 Å². The van der Waals surface area contributed by atoms with Crippen LogP contribution in [0.25, 0.3) is 0 Å². The number of benzene rings is 1. The molecule has 2 aromatic rings. The fourth-order valence-corrected chi connectivity index (χ4v) is 1.81. The van der Waals surface area contributed by atoms with Gasteiger partial charge in [0.2, 0.25) is 0 Å². The summed E-state index contributed by atoms with van der Waals surface area (Å²) in [4.78, 5) is 14.6. The summed E-state index contributed by atoms with van der Waals surface area (Å²) in [7, 11) is 1.38. The predicted molar refractivity (Wildman–Crippen MR) is 70.6 cm³/mol. The molecule has 0 unspecified atom stereocenters. The van der Waals surface area contributed by atoms with E-state index in [-0.39, 0.29) is 5.97 Å². The minimum atomic E-state index is -0.321. The van der Waals surface area contributed by atoms with Crippen molar-refractivity contribution in [2.45, 2.75) is 13.5 Å². The topological polar surface area (TPSA) is 54.1 Å². The molecule has 0 fully saturated rings. The van der Waals surface area contributed by atoms with Crippen molar-refractivity contribution in [2.24, 2.45) is 0 Å². The number of carbonyl (C=O) groups is 1. The number of aromatic nitrogens is 1. The number of nitrogens with one attached hydrogen (secondary N) is 2. The van der Waals surface area contributed by atoms with Gasteiger partial charge in [-0.15, -0.1) is 0 Å². The zero-order valence-corrected chi connectivity index (χ0v) is 10.5. The predicted octanol–water partition coefficient (Wildman–Crippen LogP) is 2.72. The number of ether oxygens (including phenoxy) is 1. The summed E-state index contributed by atoms with van der Waals surface area (Å²) in [5.41, 5.74) is 3.62. The number of methoxy groups -OCH3 is 1. The average Bonchev–Trinajstić information content (AvgIpc) is 2.85. The van der Waals surface area contributed by atoms with Crippen LogP contribution in [-0.4, -0.2) is 18.1 Å². The molecule has 1 aromatic heterocycles. The zero-order valence-electron chi connectivity index (χ0n) is 10.5. The van der Waals surface area contributed by atoms with Gasteiger partial charge in [-0.1, -0.05) is 18.2 Å². The fraction of sp³-hybridized carbons (Fsp3) is 0.214. The van der Waals surface area contributed by atoms with E-state index in [9.17, 15) is 4.79 Å². The highest BCUT2D eigenvalue weighted by Gasteiger charge is 2.12. The average molecular weight is 244 g/mol. The van der Waals surface area contributed by atoms with Crippen LogP contribution in [-0.2, 0) is 11.3 Å². The first-order valence-corrected chi connectivity index (χ1v) is 5.76. The Bertz CT molecular complexity index is 546. The summed E-state index contributed by atoms with van der Waals surface area (Å²) in [6.45, 7) is 2.60. The van der Waals surface area contributed by atoms with Crippen LogP contribution in [0.4, 0.5) is 5.69 Å². The van der Waals surface area contributed by atoms with Crippen molar-refractivity contribution in [2.75, 3.05) is 12.4 Å². The molecule has 0 atom stereocenters. The first-order valence-electron chi connectivity index (χ1n) is 5.76. The molecule has 2 N–H and O–H groups in total. The Balaban J connectivity index is 2.09. The van der Waals surface area contributed by atoms with Crippen LogP contribution in [0.3, 0.4) is 0 Å². The van der Waals surface area contributed by atoms with Crippen LogP contribution in [0.2, 0.25) is 0 Å². The van der Waals surface area contributed by atoms with Crippen LogP contribution < -0.4 is 5.32 Å². The molecule has 0 spiro atoms. The minimum Gasteiger partial charge on any atom is -0.465 e. The van der Waals surface area contributed by atoms with Gasteiger partial charge in [0.25, 0.3) is 0 Å². The molecular formula is C14H16N2O2. The third kappa shape index (κ3) is 2.53. The molecular weight excluding hydrogens is 228 g/mol. The highest BCUT2D eigenvalue weighted by atomic mass is 16.5. The molecule has 4 heteroatoms. The molecule has 0 radical (unpaired) electrons. The Labute approximate surface area is 106 Å². The fourth-order valence-electron chi connectivity index (χ4n) is 1.81. The minimum absolute atomic E-state index is 0.321. The number of carbonyl (C=O) groups excluding carboxylic acids is 1.